The molecule has 1 amide bonds. The summed E-state index contributed by atoms with van der Waals surface area (Å²) in [6.45, 7) is 1.60. The lowest BCUT2D eigenvalue weighted by Crippen LogP contribution is -2.43. The first kappa shape index (κ1) is 31.7. The number of anilines is 1. The second kappa shape index (κ2) is 13.6. The van der Waals surface area contributed by atoms with Gasteiger partial charge in [0.2, 0.25) is 0 Å². The van der Waals surface area contributed by atoms with E-state index in [2.05, 4.69) is 20.3 Å². The quantitative estimate of drug-likeness (QED) is 0.156. The molecule has 46 heavy (non-hydrogen) atoms. The molecule has 0 saturated carbocycles. The Hall–Kier alpha value is -4.29. The van der Waals surface area contributed by atoms with Crippen LogP contribution < -0.4 is 5.32 Å². The molecule has 12 nitrogen and oxygen atoms in total. The number of hydrogen-bond acceptors (Lipinski definition) is 10. The van der Waals surface area contributed by atoms with Gasteiger partial charge in [-0.3, -0.25) is 13.9 Å². The summed E-state index contributed by atoms with van der Waals surface area (Å²) in [5.74, 6) is -0.192. The van der Waals surface area contributed by atoms with E-state index in [1.54, 1.807) is 24.3 Å². The van der Waals surface area contributed by atoms with Gasteiger partial charge >= 0.3 is 7.60 Å². The maximum absolute atomic E-state index is 14.0. The molecule has 0 bridgehead atoms. The number of amides is 1. The predicted octanol–water partition coefficient (Wildman–Crippen LogP) is 5.10. The van der Waals surface area contributed by atoms with E-state index in [4.69, 9.17) is 13.8 Å². The van der Waals surface area contributed by atoms with Crippen LogP contribution >= 0.6 is 7.60 Å². The molecule has 0 unspecified atom stereocenters. The van der Waals surface area contributed by atoms with E-state index in [1.165, 1.54) is 24.1 Å². The van der Waals surface area contributed by atoms with E-state index < -0.39 is 31.6 Å². The van der Waals surface area contributed by atoms with Gasteiger partial charge in [-0.1, -0.05) is 78.9 Å². The van der Waals surface area contributed by atoms with E-state index in [-0.39, 0.29) is 48.7 Å². The topological polar surface area (TPSA) is 158 Å². The number of imidazole rings is 1. The van der Waals surface area contributed by atoms with E-state index in [0.29, 0.717) is 5.56 Å². The molecule has 238 valence electrons. The molecule has 5 aromatic rings. The highest BCUT2D eigenvalue weighted by Crippen LogP contribution is 2.52. The molecule has 0 spiro atoms. The molecular weight excluding hydrogens is 609 g/mol. The highest BCUT2D eigenvalue weighted by Gasteiger charge is 2.53. The lowest BCUT2D eigenvalue weighted by molar-refractivity contribution is -0.0940. The van der Waals surface area contributed by atoms with Crippen LogP contribution in [-0.2, 0) is 31.6 Å². The Bertz CT molecular complexity index is 1770. The molecule has 1 aliphatic heterocycles. The van der Waals surface area contributed by atoms with Gasteiger partial charge in [0.15, 0.2) is 23.2 Å². The van der Waals surface area contributed by atoms with Crippen LogP contribution in [-0.4, -0.2) is 59.6 Å². The van der Waals surface area contributed by atoms with Crippen LogP contribution in [0.5, 0.6) is 0 Å². The third kappa shape index (κ3) is 6.92. The van der Waals surface area contributed by atoms with Crippen LogP contribution in [0.25, 0.3) is 11.2 Å². The van der Waals surface area contributed by atoms with E-state index >= 15 is 0 Å². The number of hydrogen-bond donors (Lipinski definition) is 3. The Morgan fingerprint density at radius 2 is 1.52 bits per heavy atom. The van der Waals surface area contributed by atoms with Gasteiger partial charge in [-0.15, -0.1) is 0 Å². The average Bonchev–Trinajstić information content (AvgIpc) is 3.61. The summed E-state index contributed by atoms with van der Waals surface area (Å²) in [4.78, 5) is 25.7. The molecule has 3 aromatic carbocycles. The number of nitrogens with one attached hydrogen (secondary N) is 1. The van der Waals surface area contributed by atoms with Gasteiger partial charge in [-0.25, -0.2) is 15.0 Å². The fraction of sp³-hybridized carbons (Fsp3) is 0.273. The highest BCUT2D eigenvalue weighted by molar-refractivity contribution is 7.53. The molecule has 1 fully saturated rings. The summed E-state index contributed by atoms with van der Waals surface area (Å²) in [5.41, 5.74) is 0.881. The fourth-order valence-corrected chi connectivity index (χ4v) is 6.90. The molecule has 2 aromatic heterocycles. The van der Waals surface area contributed by atoms with Gasteiger partial charge in [0.05, 0.1) is 31.8 Å². The summed E-state index contributed by atoms with van der Waals surface area (Å²) in [6.07, 6.45) is -0.726. The number of ether oxygens (including phenoxy) is 1. The Labute approximate surface area is 265 Å². The number of fused-ring (bicyclic) bond motifs is 1. The molecule has 3 N–H and O–H groups in total. The van der Waals surface area contributed by atoms with Crippen LogP contribution in [0.3, 0.4) is 0 Å². The van der Waals surface area contributed by atoms with E-state index in [9.17, 15) is 19.6 Å². The summed E-state index contributed by atoms with van der Waals surface area (Å²) in [6, 6.07) is 27.4. The minimum absolute atomic E-state index is 0.0642. The van der Waals surface area contributed by atoms with Crippen molar-refractivity contribution in [1.82, 2.24) is 19.5 Å². The zero-order valence-electron chi connectivity index (χ0n) is 25.0. The Morgan fingerprint density at radius 3 is 2.13 bits per heavy atom. The van der Waals surface area contributed by atoms with Crippen molar-refractivity contribution in [2.75, 3.05) is 11.5 Å². The van der Waals surface area contributed by atoms with Crippen LogP contribution in [0.4, 0.5) is 5.82 Å². The maximum atomic E-state index is 14.0. The minimum Gasteiger partial charge on any atom is -0.387 e. The first-order chi connectivity index (χ1) is 22.2. The zero-order chi connectivity index (χ0) is 32.1. The number of carbonyl (C=O) groups excluding carboxylic acids is 1. The lowest BCUT2D eigenvalue weighted by Gasteiger charge is -2.27. The van der Waals surface area contributed by atoms with Crippen molar-refractivity contribution < 1.29 is 33.4 Å². The molecule has 3 heterocycles. The number of aromatic nitrogens is 4. The van der Waals surface area contributed by atoms with Crippen molar-refractivity contribution in [3.8, 4) is 0 Å². The molecule has 0 aliphatic carbocycles. The van der Waals surface area contributed by atoms with Crippen molar-refractivity contribution >= 4 is 30.5 Å². The number of nitrogens with zero attached hydrogens (tertiary/aromatic N) is 4. The van der Waals surface area contributed by atoms with Crippen LogP contribution in [0.1, 0.15) is 41.1 Å². The van der Waals surface area contributed by atoms with Crippen molar-refractivity contribution in [3.63, 3.8) is 0 Å². The summed E-state index contributed by atoms with van der Waals surface area (Å²) in [5, 5.41) is 25.4. The van der Waals surface area contributed by atoms with E-state index in [0.717, 1.165) is 11.1 Å². The van der Waals surface area contributed by atoms with Gasteiger partial charge in [-0.05, 0) is 36.6 Å². The van der Waals surface area contributed by atoms with Crippen molar-refractivity contribution in [1.29, 1.82) is 0 Å². The fourth-order valence-electron chi connectivity index (χ4n) is 5.30. The molecule has 0 radical (unpaired) electrons. The third-order valence-electron chi connectivity index (χ3n) is 7.86. The zero-order valence-corrected chi connectivity index (χ0v) is 25.9. The van der Waals surface area contributed by atoms with Gasteiger partial charge in [0.25, 0.3) is 5.91 Å². The van der Waals surface area contributed by atoms with Crippen LogP contribution in [0.2, 0.25) is 0 Å². The first-order valence-corrected chi connectivity index (χ1v) is 16.5. The minimum atomic E-state index is -3.69. The standard InChI is InChI=1S/C33H34N5O7P/c1-33(41)28(39)26(17-18-46(42,43-19-23-11-5-2-6-12-23)44-20-24-13-7-3-8-14-24)45-32(33)38-22-36-27-29(34-21-35-30(27)38)37-31(40)25-15-9-4-10-16-25/h2-16,21-22,26,28,32,39,41H,17-20H2,1H3,(H,34,35,37,40)/t26-,28-,32-,33-/m1/s1. The highest BCUT2D eigenvalue weighted by atomic mass is 31.2. The SMILES string of the molecule is C[C@@]1(O)[C@H](O)[C@@H](CCP(=O)(OCc2ccccc2)OCc2ccccc2)O[C@H]1n1cnc2c(NC(=O)c3ccccc3)ncnc21. The number of carbonyl (C=O) groups is 1. The molecule has 1 aliphatic rings. The van der Waals surface area contributed by atoms with Crippen molar-refractivity contribution in [3.05, 3.63) is 120 Å². The second-order valence-corrected chi connectivity index (χ2v) is 13.4. The first-order valence-electron chi connectivity index (χ1n) is 14.8. The summed E-state index contributed by atoms with van der Waals surface area (Å²) >= 11 is 0. The number of aliphatic hydroxyl groups is 2. The number of aliphatic hydroxyl groups excluding tert-OH is 1. The second-order valence-electron chi connectivity index (χ2n) is 11.2. The van der Waals surface area contributed by atoms with Crippen molar-refractivity contribution in [2.24, 2.45) is 0 Å². The molecule has 6 rings (SSSR count). The summed E-state index contributed by atoms with van der Waals surface area (Å²) in [7, 11) is -3.69. The summed E-state index contributed by atoms with van der Waals surface area (Å²) < 4.78 is 33.4. The van der Waals surface area contributed by atoms with E-state index in [1.807, 2.05) is 66.7 Å². The Morgan fingerprint density at radius 1 is 0.935 bits per heavy atom. The predicted molar refractivity (Wildman–Crippen MR) is 170 cm³/mol. The van der Waals surface area contributed by atoms with Gasteiger partial charge < -0.3 is 29.3 Å². The largest absolute Gasteiger partial charge is 0.387 e. The van der Waals surface area contributed by atoms with Crippen LogP contribution in [0, 0.1) is 0 Å². The number of rotatable bonds is 12. The molecular formula is C33H34N5O7P. The smallest absolute Gasteiger partial charge is 0.331 e. The number of benzene rings is 3. The Balaban J connectivity index is 1.18. The third-order valence-corrected chi connectivity index (χ3v) is 9.71. The van der Waals surface area contributed by atoms with Gasteiger partial charge in [-0.2, -0.15) is 0 Å². The maximum Gasteiger partial charge on any atom is 0.331 e. The van der Waals surface area contributed by atoms with Gasteiger partial charge in [0.1, 0.15) is 18.0 Å². The monoisotopic (exact) mass is 643 g/mol. The molecule has 13 heteroatoms. The lowest BCUT2D eigenvalue weighted by atomic mass is 9.95. The van der Waals surface area contributed by atoms with Gasteiger partial charge in [0, 0.05) is 5.56 Å². The average molecular weight is 644 g/mol. The molecule has 1 saturated heterocycles. The Kier molecular flexibility index (Phi) is 9.37. The van der Waals surface area contributed by atoms with Crippen LogP contribution in [0.15, 0.2) is 104 Å². The van der Waals surface area contributed by atoms with Crippen molar-refractivity contribution in [2.45, 2.75) is 50.6 Å². The normalized spacial score (nSPS) is 21.4. The molecule has 4 atom stereocenters.